The highest BCUT2D eigenvalue weighted by Gasteiger charge is 2.18. The third-order valence-corrected chi connectivity index (χ3v) is 4.97. The van der Waals surface area contributed by atoms with Crippen molar-refractivity contribution < 1.29 is 8.42 Å². The Bertz CT molecular complexity index is 838. The van der Waals surface area contributed by atoms with E-state index in [0.717, 1.165) is 9.86 Å². The zero-order valence-corrected chi connectivity index (χ0v) is 12.1. The zero-order chi connectivity index (χ0) is 13.5. The average Bonchev–Trinajstić information content (AvgIpc) is 2.83. The monoisotopic (exact) mass is 334 g/mol. The summed E-state index contributed by atoms with van der Waals surface area (Å²) in [7, 11) is -3.60. The van der Waals surface area contributed by atoms with E-state index in [1.807, 2.05) is 12.1 Å². The van der Waals surface area contributed by atoms with Crippen LogP contribution >= 0.6 is 15.9 Å². The highest BCUT2D eigenvalue weighted by Crippen LogP contribution is 2.24. The molecule has 0 bridgehead atoms. The van der Waals surface area contributed by atoms with E-state index in [0.29, 0.717) is 5.52 Å². The van der Waals surface area contributed by atoms with Gasteiger partial charge in [-0.25, -0.2) is 12.4 Å². The molecule has 0 N–H and O–H groups in total. The number of rotatable bonds is 2. The molecule has 0 unspecified atom stereocenters. The van der Waals surface area contributed by atoms with Crippen molar-refractivity contribution in [3.05, 3.63) is 65.3 Å². The van der Waals surface area contributed by atoms with E-state index in [1.165, 1.54) is 3.97 Å². The molecule has 0 aliphatic heterocycles. The molecule has 3 aromatic rings. The van der Waals surface area contributed by atoms with Crippen LogP contribution in [0.1, 0.15) is 0 Å². The molecule has 0 fully saturated rings. The molecule has 2 aromatic carbocycles. The van der Waals surface area contributed by atoms with E-state index in [4.69, 9.17) is 0 Å². The van der Waals surface area contributed by atoms with E-state index >= 15 is 0 Å². The van der Waals surface area contributed by atoms with Crippen molar-refractivity contribution in [1.82, 2.24) is 3.97 Å². The van der Waals surface area contributed by atoms with Gasteiger partial charge in [0.25, 0.3) is 10.0 Å². The molecule has 3 nitrogen and oxygen atoms in total. The van der Waals surface area contributed by atoms with Crippen LogP contribution in [0.2, 0.25) is 0 Å². The van der Waals surface area contributed by atoms with Gasteiger partial charge in [0, 0.05) is 9.86 Å². The van der Waals surface area contributed by atoms with E-state index < -0.39 is 10.0 Å². The lowest BCUT2D eigenvalue weighted by molar-refractivity contribution is 0.589. The summed E-state index contributed by atoms with van der Waals surface area (Å²) in [4.78, 5) is 0.253. The number of fused-ring (bicyclic) bond motifs is 1. The molecule has 1 radical (unpaired) electrons. The third-order valence-electron chi connectivity index (χ3n) is 2.83. The summed E-state index contributed by atoms with van der Waals surface area (Å²) in [5, 5.41) is 0.836. The molecule has 1 aromatic heterocycles. The lowest BCUT2D eigenvalue weighted by atomic mass is 10.3. The standard InChI is InChI=1S/C14H9BrNO2S/c15-12-7-6-11-8-9-16(14(11)10-12)19(17,18)13-4-2-1-3-5-13/h1-8,10H. The van der Waals surface area contributed by atoms with Crippen LogP contribution in [0, 0.1) is 6.20 Å². The zero-order valence-electron chi connectivity index (χ0n) is 9.75. The van der Waals surface area contributed by atoms with Crippen LogP contribution in [0.25, 0.3) is 10.9 Å². The quantitative estimate of drug-likeness (QED) is 0.720. The molecule has 0 aliphatic carbocycles. The molecule has 19 heavy (non-hydrogen) atoms. The van der Waals surface area contributed by atoms with Gasteiger partial charge in [0.2, 0.25) is 0 Å². The largest absolute Gasteiger partial charge is 0.268 e. The van der Waals surface area contributed by atoms with Gasteiger partial charge in [0.05, 0.1) is 16.6 Å². The van der Waals surface area contributed by atoms with Crippen molar-refractivity contribution in [2.75, 3.05) is 0 Å². The number of benzene rings is 2. The summed E-state index contributed by atoms with van der Waals surface area (Å²) in [6.07, 6.45) is 2.79. The summed E-state index contributed by atoms with van der Waals surface area (Å²) in [6.45, 7) is 0. The Balaban J connectivity index is 2.28. The first kappa shape index (κ1) is 12.4. The Kier molecular flexibility index (Phi) is 2.95. The molecular weight excluding hydrogens is 326 g/mol. The summed E-state index contributed by atoms with van der Waals surface area (Å²) >= 11 is 3.35. The SMILES string of the molecule is O=S(=O)(c1ccccc1)n1[c]cc2ccc(Br)cc21. The second kappa shape index (κ2) is 4.51. The van der Waals surface area contributed by atoms with Crippen molar-refractivity contribution in [3.8, 4) is 0 Å². The Morgan fingerprint density at radius 2 is 1.79 bits per heavy atom. The van der Waals surface area contributed by atoms with Gasteiger partial charge < -0.3 is 0 Å². The minimum Gasteiger partial charge on any atom is -0.232 e. The number of halogens is 1. The van der Waals surface area contributed by atoms with Crippen LogP contribution in [0.5, 0.6) is 0 Å². The first-order valence-electron chi connectivity index (χ1n) is 5.58. The first-order valence-corrected chi connectivity index (χ1v) is 7.82. The maximum Gasteiger partial charge on any atom is 0.268 e. The van der Waals surface area contributed by atoms with E-state index in [1.54, 1.807) is 42.5 Å². The Morgan fingerprint density at radius 3 is 2.53 bits per heavy atom. The second-order valence-electron chi connectivity index (χ2n) is 4.06. The molecule has 0 spiro atoms. The van der Waals surface area contributed by atoms with Crippen molar-refractivity contribution in [1.29, 1.82) is 0 Å². The molecule has 5 heteroatoms. The van der Waals surface area contributed by atoms with Gasteiger partial charge in [-0.1, -0.05) is 40.2 Å². The van der Waals surface area contributed by atoms with Gasteiger partial charge in [-0.15, -0.1) is 0 Å². The minimum atomic E-state index is -3.60. The van der Waals surface area contributed by atoms with Crippen molar-refractivity contribution in [3.63, 3.8) is 0 Å². The third kappa shape index (κ3) is 2.09. The summed E-state index contributed by atoms with van der Waals surface area (Å²) in [5.41, 5.74) is 0.609. The molecule has 0 saturated heterocycles. The number of aromatic nitrogens is 1. The van der Waals surface area contributed by atoms with Crippen LogP contribution in [-0.2, 0) is 10.0 Å². The van der Waals surface area contributed by atoms with Crippen LogP contribution in [0.15, 0.2) is 64.0 Å². The first-order chi connectivity index (χ1) is 9.09. The molecule has 0 amide bonds. The number of nitrogens with zero attached hydrogens (tertiary/aromatic N) is 1. The Hall–Kier alpha value is -1.59. The molecule has 0 saturated carbocycles. The van der Waals surface area contributed by atoms with Gasteiger partial charge in [0.1, 0.15) is 0 Å². The maximum absolute atomic E-state index is 12.5. The van der Waals surface area contributed by atoms with Gasteiger partial charge in [-0.3, -0.25) is 0 Å². The van der Waals surface area contributed by atoms with E-state index in [-0.39, 0.29) is 4.90 Å². The predicted octanol–water partition coefficient (Wildman–Crippen LogP) is 3.44. The van der Waals surface area contributed by atoms with Crippen LogP contribution in [0.4, 0.5) is 0 Å². The van der Waals surface area contributed by atoms with Gasteiger partial charge in [0.15, 0.2) is 0 Å². The molecule has 1 heterocycles. The lowest BCUT2D eigenvalue weighted by Crippen LogP contribution is -2.11. The maximum atomic E-state index is 12.5. The van der Waals surface area contributed by atoms with Crippen molar-refractivity contribution in [2.24, 2.45) is 0 Å². The summed E-state index contributed by atoms with van der Waals surface area (Å²) in [5.74, 6) is 0. The topological polar surface area (TPSA) is 39.1 Å². The van der Waals surface area contributed by atoms with Crippen LogP contribution in [-0.4, -0.2) is 12.4 Å². The van der Waals surface area contributed by atoms with Gasteiger partial charge in [-0.05, 0) is 30.3 Å². The van der Waals surface area contributed by atoms with Gasteiger partial charge >= 0.3 is 0 Å². The fraction of sp³-hybridized carbons (Fsp3) is 0. The summed E-state index contributed by atoms with van der Waals surface area (Å²) < 4.78 is 27.1. The summed E-state index contributed by atoms with van der Waals surface area (Å²) in [6, 6.07) is 15.5. The van der Waals surface area contributed by atoms with Crippen LogP contribution in [0.3, 0.4) is 0 Å². The highest BCUT2D eigenvalue weighted by atomic mass is 79.9. The number of hydrogen-bond donors (Lipinski definition) is 0. The Labute approximate surface area is 119 Å². The predicted molar refractivity (Wildman–Crippen MR) is 77.5 cm³/mol. The molecular formula is C14H9BrNO2S. The van der Waals surface area contributed by atoms with Gasteiger partial charge in [-0.2, -0.15) is 0 Å². The Morgan fingerprint density at radius 1 is 1.05 bits per heavy atom. The molecule has 0 aliphatic rings. The van der Waals surface area contributed by atoms with Crippen LogP contribution < -0.4 is 0 Å². The van der Waals surface area contributed by atoms with Crippen molar-refractivity contribution in [2.45, 2.75) is 4.90 Å². The molecule has 95 valence electrons. The van der Waals surface area contributed by atoms with E-state index in [2.05, 4.69) is 22.1 Å². The lowest BCUT2D eigenvalue weighted by Gasteiger charge is -2.07. The highest BCUT2D eigenvalue weighted by molar-refractivity contribution is 9.10. The normalized spacial score (nSPS) is 11.8. The van der Waals surface area contributed by atoms with Crippen molar-refractivity contribution >= 4 is 36.9 Å². The average molecular weight is 335 g/mol. The fourth-order valence-electron chi connectivity index (χ4n) is 1.91. The minimum absolute atomic E-state index is 0.253. The molecule has 0 atom stereocenters. The van der Waals surface area contributed by atoms with E-state index in [9.17, 15) is 8.42 Å². The molecule has 3 rings (SSSR count). The smallest absolute Gasteiger partial charge is 0.232 e. The fourth-order valence-corrected chi connectivity index (χ4v) is 3.58. The number of hydrogen-bond acceptors (Lipinski definition) is 2. The second-order valence-corrected chi connectivity index (χ2v) is 6.76.